The number of phenolic OH excluding ortho intramolecular Hbond substituents is 6. The first-order valence-electron chi connectivity index (χ1n) is 28.7. The Morgan fingerprint density at radius 2 is 0.306 bits per heavy atom. The number of aliphatic hydroxyl groups excluding tert-OH is 2. The molecule has 0 fully saturated rings. The molecule has 0 heterocycles. The van der Waals surface area contributed by atoms with Crippen LogP contribution in [0.3, 0.4) is 0 Å². The van der Waals surface area contributed by atoms with E-state index in [-0.39, 0.29) is 58.2 Å². The quantitative estimate of drug-likeness (QED) is 0.0816. The zero-order chi connectivity index (χ0) is 63.1. The van der Waals surface area contributed by atoms with E-state index in [4.69, 9.17) is 10.2 Å². The van der Waals surface area contributed by atoms with Crippen molar-refractivity contribution in [3.05, 3.63) is 276 Å². The summed E-state index contributed by atoms with van der Waals surface area (Å²) in [5.41, 5.74) is 6.30. The standard InChI is InChI=1S/3C15H16O2.2C10H8.3C3H8.2CH4O.CH4/c3*1-15(2,11-3-7-13(16)8-4-11)12-5-9-14(17)10-6-12;2*1-2-6-10-8-4-3-7-9(10)5-1;3*1-3-2;2*1-2;/h3*3-10,16-17H,1-2H3;2*1-8H;3*3H2,1-2H3;2*2H,1H3;1H4. The highest BCUT2D eigenvalue weighted by atomic mass is 16.3. The molecule has 8 nitrogen and oxygen atoms in total. The molecule has 0 atom stereocenters. The van der Waals surface area contributed by atoms with Crippen molar-refractivity contribution in [3.8, 4) is 34.5 Å². The van der Waals surface area contributed by atoms with E-state index in [1.807, 2.05) is 72.8 Å². The van der Waals surface area contributed by atoms with E-state index < -0.39 is 0 Å². The second-order valence-corrected chi connectivity index (χ2v) is 21.0. The Kier molecular flexibility index (Phi) is 37.3. The Balaban J connectivity index is 0.000000995. The first kappa shape index (κ1) is 76.4. The van der Waals surface area contributed by atoms with Gasteiger partial charge in [-0.3, -0.25) is 0 Å². The van der Waals surface area contributed by atoms with Crippen molar-refractivity contribution in [2.24, 2.45) is 0 Å². The molecule has 10 aromatic carbocycles. The molecule has 10 rings (SSSR count). The largest absolute Gasteiger partial charge is 0.508 e. The van der Waals surface area contributed by atoms with E-state index in [2.05, 4.69) is 180 Å². The number of fused-ring (bicyclic) bond motifs is 2. The fourth-order valence-corrected chi connectivity index (χ4v) is 8.03. The summed E-state index contributed by atoms with van der Waals surface area (Å²) >= 11 is 0. The van der Waals surface area contributed by atoms with Gasteiger partial charge in [-0.1, -0.05) is 280 Å². The maximum Gasteiger partial charge on any atom is 0.115 e. The minimum absolute atomic E-state index is 0. The van der Waals surface area contributed by atoms with Crippen molar-refractivity contribution in [3.63, 3.8) is 0 Å². The summed E-state index contributed by atoms with van der Waals surface area (Å²) in [4.78, 5) is 0. The van der Waals surface area contributed by atoms with Crippen LogP contribution < -0.4 is 0 Å². The van der Waals surface area contributed by atoms with Crippen molar-refractivity contribution in [1.29, 1.82) is 0 Å². The molecule has 0 saturated carbocycles. The van der Waals surface area contributed by atoms with Crippen molar-refractivity contribution < 1.29 is 40.9 Å². The molecule has 0 bridgehead atoms. The molecular weight excluding hydrogens is 1050 g/mol. The van der Waals surface area contributed by atoms with E-state index in [0.717, 1.165) is 47.6 Å². The summed E-state index contributed by atoms with van der Waals surface area (Å²) in [6, 6.07) is 76.8. The summed E-state index contributed by atoms with van der Waals surface area (Å²) in [5, 5.41) is 75.0. The normalized spacial score (nSPS) is 9.98. The summed E-state index contributed by atoms with van der Waals surface area (Å²) in [6.07, 6.45) is 3.75. The van der Waals surface area contributed by atoms with Gasteiger partial charge >= 0.3 is 0 Å². The van der Waals surface area contributed by atoms with Gasteiger partial charge in [-0.05, 0) is 128 Å². The zero-order valence-electron chi connectivity index (χ0n) is 52.3. The second-order valence-electron chi connectivity index (χ2n) is 21.0. The minimum atomic E-state index is -0.151. The SMILES string of the molecule is C.CC(C)(c1ccc(O)cc1)c1ccc(O)cc1.CC(C)(c1ccc(O)cc1)c1ccc(O)cc1.CC(C)(c1ccc(O)cc1)c1ccc(O)cc1.CCC.CCC.CCC.CO.CO.c1ccc2ccccc2c1.c1ccc2ccccc2c1. The van der Waals surface area contributed by atoms with Gasteiger partial charge in [0.05, 0.1) is 0 Å². The van der Waals surface area contributed by atoms with Crippen LogP contribution in [0, 0.1) is 0 Å². The van der Waals surface area contributed by atoms with Gasteiger partial charge < -0.3 is 40.9 Å². The van der Waals surface area contributed by atoms with E-state index in [9.17, 15) is 30.6 Å². The Bertz CT molecular complexity index is 2650. The summed E-state index contributed by atoms with van der Waals surface area (Å²) < 4.78 is 0. The Labute approximate surface area is 510 Å². The van der Waals surface area contributed by atoms with Crippen LogP contribution in [-0.4, -0.2) is 55.1 Å². The van der Waals surface area contributed by atoms with E-state index in [0.29, 0.717) is 0 Å². The molecule has 0 unspecified atom stereocenters. The van der Waals surface area contributed by atoms with Gasteiger partial charge in [0.15, 0.2) is 0 Å². The van der Waals surface area contributed by atoms with Gasteiger partial charge in [0, 0.05) is 30.5 Å². The molecular formula is C77H100O8. The number of phenols is 6. The van der Waals surface area contributed by atoms with Gasteiger partial charge in [-0.25, -0.2) is 0 Å². The van der Waals surface area contributed by atoms with Crippen LogP contribution in [-0.2, 0) is 16.2 Å². The van der Waals surface area contributed by atoms with Crippen LogP contribution in [0.15, 0.2) is 243 Å². The van der Waals surface area contributed by atoms with Crippen LogP contribution in [0.4, 0.5) is 0 Å². The van der Waals surface area contributed by atoms with Crippen LogP contribution >= 0.6 is 0 Å². The number of hydrogen-bond donors (Lipinski definition) is 8. The van der Waals surface area contributed by atoms with Crippen molar-refractivity contribution in [2.45, 2.75) is 126 Å². The number of hydrogen-bond acceptors (Lipinski definition) is 8. The molecule has 0 aliphatic carbocycles. The topological polar surface area (TPSA) is 162 Å². The lowest BCUT2D eigenvalue weighted by Crippen LogP contribution is -2.18. The van der Waals surface area contributed by atoms with Gasteiger partial charge in [0.2, 0.25) is 0 Å². The van der Waals surface area contributed by atoms with Crippen LogP contribution in [0.25, 0.3) is 21.5 Å². The highest BCUT2D eigenvalue weighted by Crippen LogP contribution is 2.35. The van der Waals surface area contributed by atoms with Crippen LogP contribution in [0.2, 0.25) is 0 Å². The molecule has 0 saturated heterocycles. The van der Waals surface area contributed by atoms with Crippen molar-refractivity contribution in [1.82, 2.24) is 0 Å². The second kappa shape index (κ2) is 41.4. The molecule has 0 radical (unpaired) electrons. The number of aliphatic hydroxyl groups is 2. The lowest BCUT2D eigenvalue weighted by Gasteiger charge is -2.26. The fraction of sp³-hybridized carbons (Fsp3) is 0.273. The predicted molar refractivity (Wildman–Crippen MR) is 364 cm³/mol. The highest BCUT2D eigenvalue weighted by Gasteiger charge is 2.25. The van der Waals surface area contributed by atoms with Crippen molar-refractivity contribution in [2.75, 3.05) is 14.2 Å². The van der Waals surface area contributed by atoms with E-state index in [1.165, 1.54) is 40.8 Å². The number of rotatable bonds is 6. The third-order valence-corrected chi connectivity index (χ3v) is 12.9. The molecule has 0 aliphatic heterocycles. The van der Waals surface area contributed by atoms with Gasteiger partial charge in [-0.2, -0.15) is 0 Å². The molecule has 0 aromatic heterocycles. The summed E-state index contributed by atoms with van der Waals surface area (Å²) in [7, 11) is 2.00. The number of aromatic hydroxyl groups is 6. The van der Waals surface area contributed by atoms with E-state index in [1.54, 1.807) is 72.8 Å². The molecule has 8 heteroatoms. The molecule has 85 heavy (non-hydrogen) atoms. The predicted octanol–water partition coefficient (Wildman–Crippen LogP) is 20.1. The molecule has 10 aromatic rings. The summed E-state index contributed by atoms with van der Waals surface area (Å²) in [5.74, 6) is 1.64. The van der Waals surface area contributed by atoms with Crippen molar-refractivity contribution >= 4 is 21.5 Å². The highest BCUT2D eigenvalue weighted by molar-refractivity contribution is 5.82. The van der Waals surface area contributed by atoms with Crippen LogP contribution in [0.1, 0.15) is 143 Å². The Hall–Kier alpha value is -8.56. The van der Waals surface area contributed by atoms with Gasteiger partial charge in [-0.15, -0.1) is 0 Å². The molecule has 0 amide bonds. The van der Waals surface area contributed by atoms with Crippen LogP contribution in [0.5, 0.6) is 34.5 Å². The molecule has 0 spiro atoms. The smallest absolute Gasteiger partial charge is 0.115 e. The summed E-state index contributed by atoms with van der Waals surface area (Å²) in [6.45, 7) is 25.5. The van der Waals surface area contributed by atoms with E-state index >= 15 is 0 Å². The minimum Gasteiger partial charge on any atom is -0.508 e. The average Bonchev–Trinajstić information content (AvgIpc) is 3.70. The number of benzene rings is 10. The monoisotopic (exact) mass is 1150 g/mol. The molecule has 8 N–H and O–H groups in total. The average molecular weight is 1150 g/mol. The first-order chi connectivity index (χ1) is 40.2. The third kappa shape index (κ3) is 26.7. The molecule has 456 valence electrons. The lowest BCUT2D eigenvalue weighted by molar-refractivity contribution is 0.399. The third-order valence-electron chi connectivity index (χ3n) is 12.9. The van der Waals surface area contributed by atoms with Gasteiger partial charge in [0.1, 0.15) is 34.5 Å². The van der Waals surface area contributed by atoms with Gasteiger partial charge in [0.25, 0.3) is 0 Å². The zero-order valence-corrected chi connectivity index (χ0v) is 52.3. The Morgan fingerprint density at radius 3 is 0.400 bits per heavy atom. The maximum atomic E-state index is 9.30. The fourth-order valence-electron chi connectivity index (χ4n) is 8.03. The maximum absolute atomic E-state index is 9.30. The first-order valence-corrected chi connectivity index (χ1v) is 28.7. The molecule has 0 aliphatic rings. The lowest BCUT2D eigenvalue weighted by atomic mass is 9.78. The Morgan fingerprint density at radius 1 is 0.212 bits per heavy atom.